The third kappa shape index (κ3) is 3.70. The second kappa shape index (κ2) is 7.35. The zero-order valence-corrected chi connectivity index (χ0v) is 16.4. The molecular weight excluding hydrogens is 383 g/mol. The molecule has 156 valence electrons. The molecule has 0 bridgehead atoms. The Kier molecular flexibility index (Phi) is 5.00. The predicted molar refractivity (Wildman–Crippen MR) is 101 cm³/mol. The highest BCUT2D eigenvalue weighted by Gasteiger charge is 2.47. The smallest absolute Gasteiger partial charge is 0.367 e. The summed E-state index contributed by atoms with van der Waals surface area (Å²) in [5.41, 5.74) is 0.822. The summed E-state index contributed by atoms with van der Waals surface area (Å²) >= 11 is 0. The van der Waals surface area contributed by atoms with Crippen LogP contribution >= 0.6 is 0 Å². The number of nitrogens with zero attached hydrogens (tertiary/aromatic N) is 4. The number of alkyl halides is 3. The molecule has 0 saturated carbocycles. The van der Waals surface area contributed by atoms with Gasteiger partial charge in [0.1, 0.15) is 11.5 Å². The maximum Gasteiger partial charge on any atom is 0.410 e. The number of nitrogens with one attached hydrogen (secondary N) is 1. The summed E-state index contributed by atoms with van der Waals surface area (Å²) in [7, 11) is 0. The van der Waals surface area contributed by atoms with Crippen molar-refractivity contribution >= 4 is 11.7 Å². The average molecular weight is 407 g/mol. The fraction of sp³-hybridized carbons (Fsp3) is 0.550. The van der Waals surface area contributed by atoms with Crippen LogP contribution in [0.15, 0.2) is 30.5 Å². The zero-order chi connectivity index (χ0) is 20.8. The van der Waals surface area contributed by atoms with Crippen LogP contribution in [0.1, 0.15) is 61.4 Å². The fourth-order valence-electron chi connectivity index (χ4n) is 4.18. The van der Waals surface area contributed by atoms with Crippen LogP contribution in [0.3, 0.4) is 0 Å². The van der Waals surface area contributed by atoms with Gasteiger partial charge in [-0.15, -0.1) is 0 Å². The topological polar surface area (TPSA) is 63.1 Å². The molecule has 2 aliphatic heterocycles. The predicted octanol–water partition coefficient (Wildman–Crippen LogP) is 4.20. The summed E-state index contributed by atoms with van der Waals surface area (Å²) in [4.78, 5) is 18.7. The molecule has 1 fully saturated rings. The first-order valence-corrected chi connectivity index (χ1v) is 9.90. The molecule has 6 nitrogen and oxygen atoms in total. The Morgan fingerprint density at radius 3 is 2.76 bits per heavy atom. The minimum atomic E-state index is -4.38. The maximum atomic E-state index is 13.7. The minimum absolute atomic E-state index is 0.0562. The van der Waals surface area contributed by atoms with E-state index in [9.17, 15) is 18.0 Å². The van der Waals surface area contributed by atoms with E-state index in [1.54, 1.807) is 35.4 Å². The van der Waals surface area contributed by atoms with Crippen molar-refractivity contribution in [1.29, 1.82) is 0 Å². The lowest BCUT2D eigenvalue weighted by Gasteiger charge is -2.35. The van der Waals surface area contributed by atoms with E-state index in [1.165, 1.54) is 0 Å². The van der Waals surface area contributed by atoms with Gasteiger partial charge in [0.2, 0.25) is 0 Å². The molecule has 2 aromatic heterocycles. The molecule has 2 aliphatic rings. The Balaban J connectivity index is 1.65. The second-order valence-corrected chi connectivity index (χ2v) is 8.06. The average Bonchev–Trinajstić information content (AvgIpc) is 3.32. The Bertz CT molecular complexity index is 880. The lowest BCUT2D eigenvalue weighted by atomic mass is 9.94. The van der Waals surface area contributed by atoms with Crippen molar-refractivity contribution in [2.45, 2.75) is 57.4 Å². The molecule has 1 saturated heterocycles. The Morgan fingerprint density at radius 1 is 1.31 bits per heavy atom. The first-order valence-electron chi connectivity index (χ1n) is 9.90. The van der Waals surface area contributed by atoms with Crippen LogP contribution in [0, 0.1) is 5.92 Å². The van der Waals surface area contributed by atoms with Gasteiger partial charge in [-0.1, -0.05) is 19.9 Å². The van der Waals surface area contributed by atoms with E-state index < -0.39 is 12.2 Å². The highest BCUT2D eigenvalue weighted by molar-refractivity contribution is 5.92. The van der Waals surface area contributed by atoms with Gasteiger partial charge in [0, 0.05) is 24.8 Å². The van der Waals surface area contributed by atoms with Crippen molar-refractivity contribution in [3.05, 3.63) is 41.9 Å². The van der Waals surface area contributed by atoms with Crippen molar-refractivity contribution in [2.75, 3.05) is 11.9 Å². The van der Waals surface area contributed by atoms with Gasteiger partial charge in [0.25, 0.3) is 5.91 Å². The van der Waals surface area contributed by atoms with Gasteiger partial charge in [-0.05, 0) is 37.3 Å². The maximum absolute atomic E-state index is 13.7. The number of carbonyl (C=O) groups is 1. The van der Waals surface area contributed by atoms with Crippen molar-refractivity contribution < 1.29 is 18.0 Å². The van der Waals surface area contributed by atoms with Gasteiger partial charge in [-0.3, -0.25) is 9.78 Å². The summed E-state index contributed by atoms with van der Waals surface area (Å²) in [6.45, 7) is 4.34. The van der Waals surface area contributed by atoms with E-state index >= 15 is 0 Å². The molecule has 3 atom stereocenters. The number of aromatic nitrogens is 3. The van der Waals surface area contributed by atoms with Gasteiger partial charge in [0.15, 0.2) is 6.04 Å². The summed E-state index contributed by atoms with van der Waals surface area (Å²) in [6.07, 6.45) is -1.45. The molecule has 4 heterocycles. The summed E-state index contributed by atoms with van der Waals surface area (Å²) in [6, 6.07) is 4.48. The van der Waals surface area contributed by atoms with Crippen LogP contribution in [0.25, 0.3) is 0 Å². The summed E-state index contributed by atoms with van der Waals surface area (Å²) < 4.78 is 42.2. The quantitative estimate of drug-likeness (QED) is 0.828. The van der Waals surface area contributed by atoms with E-state index in [0.29, 0.717) is 30.2 Å². The van der Waals surface area contributed by atoms with Crippen molar-refractivity contribution in [3.8, 4) is 0 Å². The summed E-state index contributed by atoms with van der Waals surface area (Å²) in [5.74, 6) is 0.199. The number of halogens is 3. The molecule has 9 heteroatoms. The number of hydrogen-bond acceptors (Lipinski definition) is 4. The van der Waals surface area contributed by atoms with Gasteiger partial charge in [0.05, 0.1) is 11.7 Å². The van der Waals surface area contributed by atoms with E-state index in [0.717, 1.165) is 11.1 Å². The number of amides is 1. The second-order valence-electron chi connectivity index (χ2n) is 8.06. The van der Waals surface area contributed by atoms with E-state index in [1.807, 2.05) is 13.8 Å². The lowest BCUT2D eigenvalue weighted by molar-refractivity contribution is -0.174. The van der Waals surface area contributed by atoms with Gasteiger partial charge < -0.3 is 10.2 Å². The van der Waals surface area contributed by atoms with Gasteiger partial charge in [-0.2, -0.15) is 18.3 Å². The molecule has 0 radical (unpaired) electrons. The number of pyridine rings is 1. The number of fused-ring (bicyclic) bond motifs is 1. The van der Waals surface area contributed by atoms with E-state index in [4.69, 9.17) is 0 Å². The van der Waals surface area contributed by atoms with Crippen molar-refractivity contribution in [1.82, 2.24) is 19.7 Å². The molecule has 0 aromatic carbocycles. The Morgan fingerprint density at radius 2 is 2.10 bits per heavy atom. The normalized spacial score (nSPS) is 24.5. The molecule has 0 spiro atoms. The highest BCUT2D eigenvalue weighted by Crippen LogP contribution is 2.42. The van der Waals surface area contributed by atoms with Crippen LogP contribution in [-0.4, -0.2) is 44.3 Å². The minimum Gasteiger partial charge on any atom is -0.367 e. The first kappa shape index (κ1) is 19.7. The largest absolute Gasteiger partial charge is 0.410 e. The van der Waals surface area contributed by atoms with Crippen LogP contribution in [0.4, 0.5) is 19.0 Å². The third-order valence-electron chi connectivity index (χ3n) is 5.78. The Hall–Kier alpha value is -2.58. The van der Waals surface area contributed by atoms with Crippen LogP contribution < -0.4 is 5.32 Å². The van der Waals surface area contributed by atoms with Gasteiger partial charge >= 0.3 is 6.18 Å². The first-order chi connectivity index (χ1) is 13.8. The van der Waals surface area contributed by atoms with Crippen molar-refractivity contribution in [3.63, 3.8) is 0 Å². The van der Waals surface area contributed by atoms with Crippen LogP contribution in [0.2, 0.25) is 0 Å². The SMILES string of the molecule is CC(C)[C@@H]1C[C@H](C(F)(F)F)n2nc([C@H]3CCCN3C(=O)c3ccccn3)cc2N1. The van der Waals surface area contributed by atoms with Crippen LogP contribution in [0.5, 0.6) is 0 Å². The molecular formula is C20H24F3N5O. The number of anilines is 1. The highest BCUT2D eigenvalue weighted by atomic mass is 19.4. The Labute approximate surface area is 167 Å². The molecule has 0 aliphatic carbocycles. The molecule has 4 rings (SSSR count). The number of hydrogen-bond donors (Lipinski definition) is 1. The number of carbonyl (C=O) groups excluding carboxylic acids is 1. The molecule has 1 amide bonds. The van der Waals surface area contributed by atoms with Gasteiger partial charge in [-0.25, -0.2) is 4.68 Å². The lowest BCUT2D eigenvalue weighted by Crippen LogP contribution is -2.41. The third-order valence-corrected chi connectivity index (χ3v) is 5.78. The summed E-state index contributed by atoms with van der Waals surface area (Å²) in [5, 5.41) is 7.52. The molecule has 1 N–H and O–H groups in total. The van der Waals surface area contributed by atoms with E-state index in [2.05, 4.69) is 15.4 Å². The van der Waals surface area contributed by atoms with Crippen molar-refractivity contribution in [2.24, 2.45) is 5.92 Å². The monoisotopic (exact) mass is 407 g/mol. The standard InChI is InChI=1S/C20H24F3N5O/c1-12(2)14-10-17(20(21,22)23)28-18(25-14)11-15(26-28)16-7-5-9-27(16)19(29)13-6-3-4-8-24-13/h3-4,6,8,11-12,14,16-17,25H,5,7,9-10H2,1-2H3/t14-,16+,17+/m0/s1. The zero-order valence-electron chi connectivity index (χ0n) is 16.4. The van der Waals surface area contributed by atoms with E-state index in [-0.39, 0.29) is 30.3 Å². The molecule has 0 unspecified atom stereocenters. The van der Waals surface area contributed by atoms with Crippen LogP contribution in [-0.2, 0) is 0 Å². The molecule has 29 heavy (non-hydrogen) atoms. The number of likely N-dealkylation sites (tertiary alicyclic amines) is 1. The fourth-order valence-corrected chi connectivity index (χ4v) is 4.18. The molecule has 2 aromatic rings. The number of rotatable bonds is 3.